The van der Waals surface area contributed by atoms with Gasteiger partial charge in [0.1, 0.15) is 18.3 Å². The van der Waals surface area contributed by atoms with Gasteiger partial charge in [-0.2, -0.15) is 5.26 Å². The first-order valence-electron chi connectivity index (χ1n) is 10.1. The van der Waals surface area contributed by atoms with Crippen molar-refractivity contribution in [1.82, 2.24) is 14.8 Å². The van der Waals surface area contributed by atoms with Crippen LogP contribution in [0.5, 0.6) is 0 Å². The number of rotatable bonds is 4. The van der Waals surface area contributed by atoms with Crippen LogP contribution >= 0.6 is 0 Å². The summed E-state index contributed by atoms with van der Waals surface area (Å²) in [6.45, 7) is 1.36. The Morgan fingerprint density at radius 2 is 2.07 bits per heavy atom. The summed E-state index contributed by atoms with van der Waals surface area (Å²) in [7, 11) is 0. The maximum absolute atomic E-state index is 13.5. The number of hydrogen-bond donors (Lipinski definition) is 0. The topological polar surface area (TPSA) is 86.5 Å². The maximum atomic E-state index is 13.5. The average Bonchev–Trinajstić information content (AvgIpc) is 3.15. The molecule has 0 bridgehead atoms. The number of nitriles is 1. The van der Waals surface area contributed by atoms with Crippen LogP contribution in [0.15, 0.2) is 36.7 Å². The molecule has 30 heavy (non-hydrogen) atoms. The zero-order chi connectivity index (χ0) is 21.1. The number of ether oxygens (including phenoxy) is 1. The van der Waals surface area contributed by atoms with Crippen LogP contribution in [0.2, 0.25) is 0 Å². The van der Waals surface area contributed by atoms with Crippen molar-refractivity contribution in [2.24, 2.45) is 0 Å². The van der Waals surface area contributed by atoms with Crippen LogP contribution in [-0.2, 0) is 9.53 Å². The van der Waals surface area contributed by atoms with E-state index in [1.807, 2.05) is 23.1 Å². The van der Waals surface area contributed by atoms with Crippen LogP contribution in [0.3, 0.4) is 0 Å². The van der Waals surface area contributed by atoms with Crippen molar-refractivity contribution >= 4 is 22.6 Å². The molecule has 2 aromatic rings. The minimum Gasteiger partial charge on any atom is -0.459 e. The number of fused-ring (bicyclic) bond motifs is 1. The number of carbonyl (C=O) groups excluding carboxylic acids is 2. The quantitative estimate of drug-likeness (QED) is 0.719. The molecule has 1 aromatic carbocycles. The van der Waals surface area contributed by atoms with Crippen molar-refractivity contribution in [3.05, 3.63) is 42.2 Å². The predicted molar refractivity (Wildman–Crippen MR) is 107 cm³/mol. The minimum atomic E-state index is -1.13. The Morgan fingerprint density at radius 3 is 2.83 bits per heavy atom. The molecule has 3 heterocycles. The van der Waals surface area contributed by atoms with Gasteiger partial charge in [0.2, 0.25) is 5.91 Å². The number of esters is 1. The van der Waals surface area contributed by atoms with Crippen molar-refractivity contribution in [1.29, 1.82) is 5.26 Å². The van der Waals surface area contributed by atoms with E-state index in [-0.39, 0.29) is 37.5 Å². The highest BCUT2D eigenvalue weighted by Crippen LogP contribution is 2.23. The molecule has 7 nitrogen and oxygen atoms in total. The summed E-state index contributed by atoms with van der Waals surface area (Å²) in [5.41, 5.74) is 0.518. The highest BCUT2D eigenvalue weighted by atomic mass is 19.1. The molecule has 2 aliphatic heterocycles. The zero-order valence-electron chi connectivity index (χ0n) is 16.5. The van der Waals surface area contributed by atoms with Gasteiger partial charge in [0.25, 0.3) is 0 Å². The van der Waals surface area contributed by atoms with E-state index >= 15 is 0 Å². The molecule has 0 saturated carbocycles. The van der Waals surface area contributed by atoms with E-state index in [1.165, 1.54) is 4.90 Å². The van der Waals surface area contributed by atoms with Crippen molar-refractivity contribution in [3.8, 4) is 6.07 Å². The summed E-state index contributed by atoms with van der Waals surface area (Å²) < 4.78 is 19.3. The number of hydrogen-bond acceptors (Lipinski definition) is 6. The number of aromatic nitrogens is 1. The molecule has 2 atom stereocenters. The Labute approximate surface area is 174 Å². The Hall–Kier alpha value is -3.05. The highest BCUT2D eigenvalue weighted by Gasteiger charge is 2.36. The summed E-state index contributed by atoms with van der Waals surface area (Å²) >= 11 is 0. The van der Waals surface area contributed by atoms with Gasteiger partial charge in [-0.05, 0) is 30.4 Å². The Bertz CT molecular complexity index is 979. The van der Waals surface area contributed by atoms with Crippen LogP contribution in [0.4, 0.5) is 4.39 Å². The number of piperidine rings is 1. The summed E-state index contributed by atoms with van der Waals surface area (Å²) in [5, 5.41) is 10.8. The number of pyridine rings is 1. The molecule has 0 unspecified atom stereocenters. The molecular formula is C22H23FN4O3. The SMILES string of the molecule is N#C[C@@H]1C[C@H](F)CN1C(=O)CN1CCC(OC(=O)c2cccc3cnccc23)CC1. The molecule has 8 heteroatoms. The minimum absolute atomic E-state index is 0.00824. The van der Waals surface area contributed by atoms with Crippen molar-refractivity contribution in [2.75, 3.05) is 26.2 Å². The summed E-state index contributed by atoms with van der Waals surface area (Å²) in [6, 6.07) is 8.58. The lowest BCUT2D eigenvalue weighted by atomic mass is 10.1. The van der Waals surface area contributed by atoms with Crippen LogP contribution < -0.4 is 0 Å². The van der Waals surface area contributed by atoms with Gasteiger partial charge in [0, 0.05) is 37.3 Å². The van der Waals surface area contributed by atoms with Gasteiger partial charge < -0.3 is 9.64 Å². The molecule has 0 N–H and O–H groups in total. The van der Waals surface area contributed by atoms with Crippen LogP contribution in [0.1, 0.15) is 29.6 Å². The Morgan fingerprint density at radius 1 is 1.27 bits per heavy atom. The van der Waals surface area contributed by atoms with Crippen LogP contribution in [-0.4, -0.2) is 71.2 Å². The number of halogens is 1. The number of alkyl halides is 1. The van der Waals surface area contributed by atoms with Gasteiger partial charge in [0.05, 0.1) is 24.7 Å². The molecule has 0 radical (unpaired) electrons. The zero-order valence-corrected chi connectivity index (χ0v) is 16.5. The second kappa shape index (κ2) is 8.76. The summed E-state index contributed by atoms with van der Waals surface area (Å²) in [4.78, 5) is 32.5. The lowest BCUT2D eigenvalue weighted by molar-refractivity contribution is -0.133. The van der Waals surface area contributed by atoms with Gasteiger partial charge in [-0.25, -0.2) is 9.18 Å². The fraction of sp³-hybridized carbons (Fsp3) is 0.455. The Balaban J connectivity index is 1.30. The first-order chi connectivity index (χ1) is 14.5. The van der Waals surface area contributed by atoms with Gasteiger partial charge in [-0.15, -0.1) is 0 Å². The van der Waals surface area contributed by atoms with E-state index < -0.39 is 12.2 Å². The highest BCUT2D eigenvalue weighted by molar-refractivity contribution is 6.04. The fourth-order valence-corrected chi connectivity index (χ4v) is 4.17. The average molecular weight is 410 g/mol. The summed E-state index contributed by atoms with van der Waals surface area (Å²) in [5.74, 6) is -0.578. The third-order valence-electron chi connectivity index (χ3n) is 5.79. The maximum Gasteiger partial charge on any atom is 0.339 e. The first-order valence-corrected chi connectivity index (χ1v) is 10.1. The van der Waals surface area contributed by atoms with Crippen LogP contribution in [0.25, 0.3) is 10.8 Å². The van der Waals surface area contributed by atoms with Gasteiger partial charge in [-0.3, -0.25) is 14.7 Å². The van der Waals surface area contributed by atoms with E-state index in [4.69, 9.17) is 10.00 Å². The van der Waals surface area contributed by atoms with Crippen LogP contribution in [0, 0.1) is 11.3 Å². The van der Waals surface area contributed by atoms with Crippen molar-refractivity contribution < 1.29 is 18.7 Å². The van der Waals surface area contributed by atoms with Crippen molar-refractivity contribution in [3.63, 3.8) is 0 Å². The van der Waals surface area contributed by atoms with Gasteiger partial charge in [-0.1, -0.05) is 12.1 Å². The number of nitrogens with zero attached hydrogens (tertiary/aromatic N) is 4. The molecule has 4 rings (SSSR count). The molecule has 156 valence electrons. The monoisotopic (exact) mass is 410 g/mol. The third kappa shape index (κ3) is 4.26. The van der Waals surface area contributed by atoms with Gasteiger partial charge >= 0.3 is 5.97 Å². The summed E-state index contributed by atoms with van der Waals surface area (Å²) in [6.07, 6.45) is 3.35. The standard InChI is InChI=1S/C22H23FN4O3/c23-16-10-17(11-24)27(13-16)21(28)14-26-8-5-18(6-9-26)30-22(29)20-3-1-2-15-12-25-7-4-19(15)20/h1-4,7,12,16-18H,5-6,8-10,13-14H2/t16-,17-/m0/s1. The van der Waals surface area contributed by atoms with Crippen molar-refractivity contribution in [2.45, 2.75) is 37.6 Å². The number of likely N-dealkylation sites (tertiary alicyclic amines) is 2. The molecule has 2 fully saturated rings. The Kier molecular flexibility index (Phi) is 5.91. The molecule has 2 aliphatic rings. The molecular weight excluding hydrogens is 387 g/mol. The lowest BCUT2D eigenvalue weighted by Crippen LogP contribution is -2.46. The molecule has 0 spiro atoms. The molecule has 2 saturated heterocycles. The predicted octanol–water partition coefficient (Wildman–Crippen LogP) is 2.32. The van der Waals surface area contributed by atoms with E-state index in [2.05, 4.69) is 4.98 Å². The number of amides is 1. The van der Waals surface area contributed by atoms with E-state index in [0.717, 1.165) is 10.8 Å². The first kappa shape index (κ1) is 20.2. The lowest BCUT2D eigenvalue weighted by Gasteiger charge is -2.32. The third-order valence-corrected chi connectivity index (χ3v) is 5.79. The van der Waals surface area contributed by atoms with E-state index in [0.29, 0.717) is 31.5 Å². The normalized spacial score (nSPS) is 22.7. The second-order valence-corrected chi connectivity index (χ2v) is 7.81. The number of benzene rings is 1. The van der Waals surface area contributed by atoms with E-state index in [9.17, 15) is 14.0 Å². The molecule has 0 aliphatic carbocycles. The molecule has 1 amide bonds. The smallest absolute Gasteiger partial charge is 0.339 e. The van der Waals surface area contributed by atoms with Gasteiger partial charge in [0.15, 0.2) is 0 Å². The molecule has 1 aromatic heterocycles. The fourth-order valence-electron chi connectivity index (χ4n) is 4.17. The van der Waals surface area contributed by atoms with E-state index in [1.54, 1.807) is 24.5 Å². The second-order valence-electron chi connectivity index (χ2n) is 7.81. The number of carbonyl (C=O) groups is 2. The largest absolute Gasteiger partial charge is 0.459 e.